The summed E-state index contributed by atoms with van der Waals surface area (Å²) in [6, 6.07) is 0. The van der Waals surface area contributed by atoms with Crippen molar-refractivity contribution in [3.8, 4) is 0 Å². The van der Waals surface area contributed by atoms with Gasteiger partial charge in [-0.3, -0.25) is 0 Å². The van der Waals surface area contributed by atoms with Crippen LogP contribution in [0.5, 0.6) is 0 Å². The highest BCUT2D eigenvalue weighted by Crippen LogP contribution is 2.47. The fourth-order valence-electron chi connectivity index (χ4n) is 3.63. The molecule has 0 aliphatic heterocycles. The molecule has 1 aliphatic rings. The van der Waals surface area contributed by atoms with Crippen LogP contribution in [-0.2, 0) is 0 Å². The van der Waals surface area contributed by atoms with E-state index in [1.54, 1.807) is 0 Å². The predicted octanol–water partition coefficient (Wildman–Crippen LogP) is 7.15. The normalized spacial score (nSPS) is 22.7. The van der Waals surface area contributed by atoms with Gasteiger partial charge in [0.15, 0.2) is 0 Å². The molecule has 0 bridgehead atoms. The predicted molar refractivity (Wildman–Crippen MR) is 92.0 cm³/mol. The second kappa shape index (κ2) is 11.4. The molecule has 0 heterocycles. The molecular weight excluding hydrogens is 240 g/mol. The van der Waals surface area contributed by atoms with Gasteiger partial charge in [-0.25, -0.2) is 0 Å². The molecule has 0 aromatic rings. The van der Waals surface area contributed by atoms with Gasteiger partial charge in [-0.05, 0) is 37.0 Å². The largest absolute Gasteiger partial charge is 0.103 e. The van der Waals surface area contributed by atoms with Crippen molar-refractivity contribution in [3.05, 3.63) is 12.7 Å². The first-order valence-corrected chi connectivity index (χ1v) is 9.42. The summed E-state index contributed by atoms with van der Waals surface area (Å²) in [5.41, 5.74) is 0. The Morgan fingerprint density at radius 3 is 2.35 bits per heavy atom. The number of hydrogen-bond acceptors (Lipinski definition) is 0. The average Bonchev–Trinajstić information content (AvgIpc) is 3.18. The minimum absolute atomic E-state index is 0.940. The van der Waals surface area contributed by atoms with Crippen molar-refractivity contribution in [1.29, 1.82) is 0 Å². The van der Waals surface area contributed by atoms with Gasteiger partial charge in [-0.2, -0.15) is 0 Å². The van der Waals surface area contributed by atoms with Crippen LogP contribution in [0.1, 0.15) is 97.3 Å². The van der Waals surface area contributed by atoms with E-state index >= 15 is 0 Å². The molecule has 0 heteroatoms. The van der Waals surface area contributed by atoms with Crippen LogP contribution in [0.2, 0.25) is 0 Å². The van der Waals surface area contributed by atoms with Crippen molar-refractivity contribution in [3.63, 3.8) is 0 Å². The summed E-state index contributed by atoms with van der Waals surface area (Å²) in [6.07, 6.45) is 20.8. The fourth-order valence-corrected chi connectivity index (χ4v) is 3.63. The van der Waals surface area contributed by atoms with Crippen LogP contribution in [-0.4, -0.2) is 0 Å². The third kappa shape index (κ3) is 8.12. The van der Waals surface area contributed by atoms with Crippen LogP contribution < -0.4 is 0 Å². The van der Waals surface area contributed by atoms with Gasteiger partial charge in [0.1, 0.15) is 0 Å². The summed E-state index contributed by atoms with van der Waals surface area (Å²) < 4.78 is 0. The lowest BCUT2D eigenvalue weighted by atomic mass is 9.91. The lowest BCUT2D eigenvalue weighted by Gasteiger charge is -2.15. The summed E-state index contributed by atoms with van der Waals surface area (Å²) in [5.74, 6) is 3.11. The van der Waals surface area contributed by atoms with E-state index in [2.05, 4.69) is 26.5 Å². The summed E-state index contributed by atoms with van der Waals surface area (Å²) in [6.45, 7) is 8.58. The van der Waals surface area contributed by atoms with E-state index in [4.69, 9.17) is 0 Å². The molecule has 0 aromatic heterocycles. The van der Waals surface area contributed by atoms with Gasteiger partial charge in [-0.1, -0.05) is 84.1 Å². The molecule has 1 rings (SSSR count). The highest BCUT2D eigenvalue weighted by atomic mass is 14.4. The maximum absolute atomic E-state index is 3.97. The Labute approximate surface area is 128 Å². The van der Waals surface area contributed by atoms with Gasteiger partial charge >= 0.3 is 0 Å². The van der Waals surface area contributed by atoms with Crippen molar-refractivity contribution in [2.45, 2.75) is 97.3 Å². The standard InChI is InChI=1S/C20H38/c1-4-7-9-10-11-12-14-18(13-6-3)16-20-17-19(20)15-8-5-2/h6,18-20H,3-5,7-17H2,1-2H3. The summed E-state index contributed by atoms with van der Waals surface area (Å²) in [7, 11) is 0. The van der Waals surface area contributed by atoms with Crippen LogP contribution >= 0.6 is 0 Å². The molecule has 20 heavy (non-hydrogen) atoms. The van der Waals surface area contributed by atoms with E-state index in [-0.39, 0.29) is 0 Å². The zero-order chi connectivity index (χ0) is 14.6. The topological polar surface area (TPSA) is 0 Å². The molecule has 3 unspecified atom stereocenters. The Morgan fingerprint density at radius 2 is 1.65 bits per heavy atom. The van der Waals surface area contributed by atoms with Gasteiger partial charge in [0.2, 0.25) is 0 Å². The number of hydrogen-bond donors (Lipinski definition) is 0. The van der Waals surface area contributed by atoms with E-state index in [1.807, 2.05) is 0 Å². The van der Waals surface area contributed by atoms with Gasteiger partial charge in [0, 0.05) is 0 Å². The van der Waals surface area contributed by atoms with E-state index in [1.165, 1.54) is 83.5 Å². The molecule has 0 aromatic carbocycles. The van der Waals surface area contributed by atoms with Crippen LogP contribution in [0.4, 0.5) is 0 Å². The minimum Gasteiger partial charge on any atom is -0.103 e. The van der Waals surface area contributed by atoms with Crippen molar-refractivity contribution in [1.82, 2.24) is 0 Å². The maximum Gasteiger partial charge on any atom is -0.0325 e. The van der Waals surface area contributed by atoms with Crippen molar-refractivity contribution in [2.24, 2.45) is 17.8 Å². The molecule has 0 saturated heterocycles. The molecular formula is C20H38. The molecule has 1 aliphatic carbocycles. The Balaban J connectivity index is 2.06. The summed E-state index contributed by atoms with van der Waals surface area (Å²) in [4.78, 5) is 0. The molecule has 0 nitrogen and oxygen atoms in total. The van der Waals surface area contributed by atoms with Gasteiger partial charge < -0.3 is 0 Å². The van der Waals surface area contributed by atoms with Crippen LogP contribution in [0.25, 0.3) is 0 Å². The minimum atomic E-state index is 0.940. The number of unbranched alkanes of at least 4 members (excludes halogenated alkanes) is 6. The highest BCUT2D eigenvalue weighted by Gasteiger charge is 2.36. The van der Waals surface area contributed by atoms with Gasteiger partial charge in [0.05, 0.1) is 0 Å². The van der Waals surface area contributed by atoms with Gasteiger partial charge in [0.25, 0.3) is 0 Å². The Bertz CT molecular complexity index is 230. The third-order valence-electron chi connectivity index (χ3n) is 5.10. The molecule has 3 atom stereocenters. The molecule has 0 radical (unpaired) electrons. The quantitative estimate of drug-likeness (QED) is 0.234. The van der Waals surface area contributed by atoms with E-state index in [0.717, 1.165) is 17.8 Å². The van der Waals surface area contributed by atoms with E-state index in [0.29, 0.717) is 0 Å². The molecule has 1 fully saturated rings. The Kier molecular flexibility index (Phi) is 10.1. The van der Waals surface area contributed by atoms with Crippen LogP contribution in [0.3, 0.4) is 0 Å². The number of allylic oxidation sites excluding steroid dienone is 1. The highest BCUT2D eigenvalue weighted by molar-refractivity contribution is 4.89. The molecule has 0 N–H and O–H groups in total. The molecule has 0 amide bonds. The van der Waals surface area contributed by atoms with Crippen molar-refractivity contribution >= 4 is 0 Å². The zero-order valence-electron chi connectivity index (χ0n) is 14.2. The van der Waals surface area contributed by atoms with Crippen LogP contribution in [0, 0.1) is 17.8 Å². The van der Waals surface area contributed by atoms with Gasteiger partial charge in [-0.15, -0.1) is 6.58 Å². The van der Waals surface area contributed by atoms with Crippen molar-refractivity contribution < 1.29 is 0 Å². The second-order valence-electron chi connectivity index (χ2n) is 7.08. The molecule has 1 saturated carbocycles. The average molecular weight is 279 g/mol. The van der Waals surface area contributed by atoms with Crippen LogP contribution in [0.15, 0.2) is 12.7 Å². The second-order valence-corrected chi connectivity index (χ2v) is 7.08. The first-order valence-electron chi connectivity index (χ1n) is 9.42. The number of rotatable bonds is 14. The zero-order valence-corrected chi connectivity index (χ0v) is 14.2. The first-order chi connectivity index (χ1) is 9.81. The van der Waals surface area contributed by atoms with Crippen molar-refractivity contribution in [2.75, 3.05) is 0 Å². The SMILES string of the molecule is C=CCC(CCCCCCCC)CC1CC1CCCC. The van der Waals surface area contributed by atoms with E-state index in [9.17, 15) is 0 Å². The summed E-state index contributed by atoms with van der Waals surface area (Å²) >= 11 is 0. The first kappa shape index (κ1) is 17.8. The van der Waals surface area contributed by atoms with E-state index < -0.39 is 0 Å². The monoisotopic (exact) mass is 278 g/mol. The Hall–Kier alpha value is -0.260. The smallest absolute Gasteiger partial charge is 0.0325 e. The fraction of sp³-hybridized carbons (Fsp3) is 0.900. The summed E-state index contributed by atoms with van der Waals surface area (Å²) in [5, 5.41) is 0. The third-order valence-corrected chi connectivity index (χ3v) is 5.10. The lowest BCUT2D eigenvalue weighted by Crippen LogP contribution is -2.02. The lowest BCUT2D eigenvalue weighted by molar-refractivity contribution is 0.393. The Morgan fingerprint density at radius 1 is 0.950 bits per heavy atom. The molecule has 118 valence electrons. The molecule has 0 spiro atoms. The maximum atomic E-state index is 3.97.